The van der Waals surface area contributed by atoms with Gasteiger partial charge in [-0.05, 0) is 37.0 Å². The lowest BCUT2D eigenvalue weighted by molar-refractivity contribution is -0.128. The first-order valence-corrected chi connectivity index (χ1v) is 9.13. The highest BCUT2D eigenvalue weighted by Gasteiger charge is 2.22. The normalized spacial score (nSPS) is 16.5. The Morgan fingerprint density at radius 3 is 2.68 bits per heavy atom. The van der Waals surface area contributed by atoms with Gasteiger partial charge in [0.2, 0.25) is 11.8 Å². The Labute approximate surface area is 152 Å². The Morgan fingerprint density at radius 2 is 1.88 bits per heavy atom. The zero-order valence-corrected chi connectivity index (χ0v) is 14.9. The number of halogens is 1. The molecule has 2 aliphatic rings. The SMILES string of the molecule is O=C(CNC(=O)C1CCCC1)NCCc1cc(Cl)c2c(c1)OCCO2. The summed E-state index contributed by atoms with van der Waals surface area (Å²) in [6, 6.07) is 3.71. The van der Waals surface area contributed by atoms with Crippen LogP contribution in [0.5, 0.6) is 11.5 Å². The van der Waals surface area contributed by atoms with Gasteiger partial charge in [0.1, 0.15) is 13.2 Å². The van der Waals surface area contributed by atoms with Gasteiger partial charge in [-0.3, -0.25) is 9.59 Å². The van der Waals surface area contributed by atoms with E-state index in [1.165, 1.54) is 0 Å². The van der Waals surface area contributed by atoms with Crippen molar-refractivity contribution in [2.75, 3.05) is 26.3 Å². The van der Waals surface area contributed by atoms with Crippen LogP contribution in [0.15, 0.2) is 12.1 Å². The van der Waals surface area contributed by atoms with Gasteiger partial charge >= 0.3 is 0 Å². The van der Waals surface area contributed by atoms with E-state index in [4.69, 9.17) is 21.1 Å². The first-order valence-electron chi connectivity index (χ1n) is 8.76. The highest BCUT2D eigenvalue weighted by Crippen LogP contribution is 2.38. The average molecular weight is 367 g/mol. The van der Waals surface area contributed by atoms with Crippen LogP contribution in [-0.2, 0) is 16.0 Å². The predicted octanol–water partition coefficient (Wildman–Crippen LogP) is 2.08. The number of carbonyl (C=O) groups excluding carboxylic acids is 2. The van der Waals surface area contributed by atoms with Crippen LogP contribution in [0.1, 0.15) is 31.2 Å². The van der Waals surface area contributed by atoms with E-state index in [-0.39, 0.29) is 24.3 Å². The van der Waals surface area contributed by atoms with E-state index in [9.17, 15) is 9.59 Å². The minimum Gasteiger partial charge on any atom is -0.486 e. The van der Waals surface area contributed by atoms with Gasteiger partial charge in [0, 0.05) is 12.5 Å². The lowest BCUT2D eigenvalue weighted by atomic mass is 10.1. The van der Waals surface area contributed by atoms with Crippen LogP contribution >= 0.6 is 11.6 Å². The summed E-state index contributed by atoms with van der Waals surface area (Å²) in [5, 5.41) is 6.04. The molecule has 136 valence electrons. The van der Waals surface area contributed by atoms with E-state index in [1.807, 2.05) is 12.1 Å². The van der Waals surface area contributed by atoms with E-state index in [0.29, 0.717) is 42.7 Å². The summed E-state index contributed by atoms with van der Waals surface area (Å²) in [6.45, 7) is 1.49. The van der Waals surface area contributed by atoms with Gasteiger partial charge in [-0.15, -0.1) is 0 Å². The molecule has 2 amide bonds. The molecular weight excluding hydrogens is 344 g/mol. The van der Waals surface area contributed by atoms with Crippen LogP contribution < -0.4 is 20.1 Å². The topological polar surface area (TPSA) is 76.7 Å². The van der Waals surface area contributed by atoms with E-state index in [0.717, 1.165) is 31.2 Å². The van der Waals surface area contributed by atoms with Crippen LogP contribution in [0.2, 0.25) is 5.02 Å². The summed E-state index contributed by atoms with van der Waals surface area (Å²) < 4.78 is 11.0. The Balaban J connectivity index is 1.41. The van der Waals surface area contributed by atoms with Crippen LogP contribution in [-0.4, -0.2) is 38.1 Å². The second kappa shape index (κ2) is 8.43. The molecule has 1 aromatic carbocycles. The van der Waals surface area contributed by atoms with Crippen molar-refractivity contribution in [3.05, 3.63) is 22.7 Å². The van der Waals surface area contributed by atoms with Crippen LogP contribution in [0.25, 0.3) is 0 Å². The van der Waals surface area contributed by atoms with Gasteiger partial charge in [-0.1, -0.05) is 24.4 Å². The fourth-order valence-electron chi connectivity index (χ4n) is 3.22. The number of nitrogens with one attached hydrogen (secondary N) is 2. The fraction of sp³-hybridized carbons (Fsp3) is 0.556. The minimum absolute atomic E-state index is 0.00809. The molecule has 0 atom stereocenters. The third kappa shape index (κ3) is 4.78. The van der Waals surface area contributed by atoms with Crippen LogP contribution in [0.3, 0.4) is 0 Å². The van der Waals surface area contributed by atoms with Gasteiger partial charge in [0.05, 0.1) is 11.6 Å². The van der Waals surface area contributed by atoms with E-state index >= 15 is 0 Å². The summed E-state index contributed by atoms with van der Waals surface area (Å²) in [5.41, 5.74) is 0.963. The largest absolute Gasteiger partial charge is 0.486 e. The molecule has 0 saturated heterocycles. The lowest BCUT2D eigenvalue weighted by Gasteiger charge is -2.20. The first kappa shape index (κ1) is 17.9. The Hall–Kier alpha value is -1.95. The van der Waals surface area contributed by atoms with Gasteiger partial charge in [-0.25, -0.2) is 0 Å². The van der Waals surface area contributed by atoms with Crippen molar-refractivity contribution in [1.29, 1.82) is 0 Å². The number of benzene rings is 1. The maximum atomic E-state index is 11.9. The van der Waals surface area contributed by atoms with Crippen molar-refractivity contribution in [2.45, 2.75) is 32.1 Å². The van der Waals surface area contributed by atoms with Crippen molar-refractivity contribution >= 4 is 23.4 Å². The average Bonchev–Trinajstić information content (AvgIpc) is 3.14. The number of ether oxygens (including phenoxy) is 2. The number of fused-ring (bicyclic) bond motifs is 1. The smallest absolute Gasteiger partial charge is 0.239 e. The van der Waals surface area contributed by atoms with E-state index < -0.39 is 0 Å². The summed E-state index contributed by atoms with van der Waals surface area (Å²) in [7, 11) is 0. The summed E-state index contributed by atoms with van der Waals surface area (Å²) in [5.74, 6) is 1.10. The molecule has 0 spiro atoms. The Kier molecular flexibility index (Phi) is 6.02. The Bertz CT molecular complexity index is 644. The number of carbonyl (C=O) groups is 2. The van der Waals surface area contributed by atoms with Crippen molar-refractivity contribution in [3.8, 4) is 11.5 Å². The molecule has 6 nitrogen and oxygen atoms in total. The quantitative estimate of drug-likeness (QED) is 0.808. The third-order valence-corrected chi connectivity index (χ3v) is 4.82. The number of hydrogen-bond donors (Lipinski definition) is 2. The van der Waals surface area contributed by atoms with E-state index in [2.05, 4.69) is 10.6 Å². The molecule has 1 aliphatic heterocycles. The van der Waals surface area contributed by atoms with Gasteiger partial charge in [0.15, 0.2) is 11.5 Å². The maximum absolute atomic E-state index is 11.9. The molecule has 0 bridgehead atoms. The molecule has 0 unspecified atom stereocenters. The molecule has 1 heterocycles. The monoisotopic (exact) mass is 366 g/mol. The molecule has 25 heavy (non-hydrogen) atoms. The fourth-order valence-corrected chi connectivity index (χ4v) is 3.50. The molecule has 2 N–H and O–H groups in total. The molecule has 0 aromatic heterocycles. The van der Waals surface area contributed by atoms with E-state index in [1.54, 1.807) is 0 Å². The Morgan fingerprint density at radius 1 is 1.12 bits per heavy atom. The lowest BCUT2D eigenvalue weighted by Crippen LogP contribution is -2.39. The number of hydrogen-bond acceptors (Lipinski definition) is 4. The van der Waals surface area contributed by atoms with Crippen LogP contribution in [0.4, 0.5) is 0 Å². The van der Waals surface area contributed by atoms with Gasteiger partial charge in [0.25, 0.3) is 0 Å². The zero-order valence-electron chi connectivity index (χ0n) is 14.1. The molecule has 1 saturated carbocycles. The minimum atomic E-state index is -0.185. The molecular formula is C18H23ClN2O4. The standard InChI is InChI=1S/C18H23ClN2O4/c19-14-9-12(10-15-17(14)25-8-7-24-15)5-6-20-16(22)11-21-18(23)13-3-1-2-4-13/h9-10,13H,1-8,11H2,(H,20,22)(H,21,23). The second-order valence-electron chi connectivity index (χ2n) is 6.40. The third-order valence-electron chi connectivity index (χ3n) is 4.54. The zero-order chi connectivity index (χ0) is 17.6. The predicted molar refractivity (Wildman–Crippen MR) is 94.1 cm³/mol. The van der Waals surface area contributed by atoms with Gasteiger partial charge in [-0.2, -0.15) is 0 Å². The number of rotatable bonds is 6. The molecule has 0 radical (unpaired) electrons. The number of amides is 2. The molecule has 1 fully saturated rings. The highest BCUT2D eigenvalue weighted by atomic mass is 35.5. The van der Waals surface area contributed by atoms with Gasteiger partial charge < -0.3 is 20.1 Å². The first-order chi connectivity index (χ1) is 12.1. The van der Waals surface area contributed by atoms with Crippen LogP contribution in [0, 0.1) is 5.92 Å². The summed E-state index contributed by atoms with van der Waals surface area (Å²) in [4.78, 5) is 23.7. The van der Waals surface area contributed by atoms with Crippen molar-refractivity contribution in [2.24, 2.45) is 5.92 Å². The maximum Gasteiger partial charge on any atom is 0.239 e. The summed E-state index contributed by atoms with van der Waals surface area (Å²) in [6.07, 6.45) is 4.68. The molecule has 1 aliphatic carbocycles. The van der Waals surface area contributed by atoms with Crippen molar-refractivity contribution in [3.63, 3.8) is 0 Å². The molecule has 1 aromatic rings. The molecule has 7 heteroatoms. The molecule has 3 rings (SSSR count). The highest BCUT2D eigenvalue weighted by molar-refractivity contribution is 6.32. The second-order valence-corrected chi connectivity index (χ2v) is 6.81. The summed E-state index contributed by atoms with van der Waals surface area (Å²) >= 11 is 6.20. The van der Waals surface area contributed by atoms with Crippen molar-refractivity contribution in [1.82, 2.24) is 10.6 Å². The van der Waals surface area contributed by atoms with Crippen molar-refractivity contribution < 1.29 is 19.1 Å².